The highest BCUT2D eigenvalue weighted by Crippen LogP contribution is 2.32. The van der Waals surface area contributed by atoms with Crippen molar-refractivity contribution >= 4 is 27.6 Å². The van der Waals surface area contributed by atoms with E-state index in [0.29, 0.717) is 23.6 Å². The van der Waals surface area contributed by atoms with Gasteiger partial charge in [-0.2, -0.15) is 5.10 Å². The minimum atomic E-state index is 0.236. The lowest BCUT2D eigenvalue weighted by molar-refractivity contribution is -0.00422. The van der Waals surface area contributed by atoms with Gasteiger partial charge < -0.3 is 19.4 Å². The molecular formula is C28H30N6O2. The van der Waals surface area contributed by atoms with Gasteiger partial charge in [-0.25, -0.2) is 9.97 Å². The van der Waals surface area contributed by atoms with Crippen LogP contribution in [0.3, 0.4) is 0 Å². The standard InChI is InChI=1S/C28H30N6O2/c1-16(2)25-14-34(18(4)15-35-25)19-5-8-22-24(12-19)31-28(30-22)27-21-7-6-20(13-23(21)32-33-27)36-26-11-17(3)9-10-29-26/h5-13,16,18,25H,14-15H2,1-4H3,(H,30,31)(H,32,33). The summed E-state index contributed by atoms with van der Waals surface area (Å²) in [6.45, 7) is 10.3. The Labute approximate surface area is 209 Å². The molecule has 2 aromatic carbocycles. The fourth-order valence-corrected chi connectivity index (χ4v) is 4.76. The molecule has 36 heavy (non-hydrogen) atoms. The summed E-state index contributed by atoms with van der Waals surface area (Å²) in [4.78, 5) is 15.0. The second kappa shape index (κ2) is 8.95. The molecule has 184 valence electrons. The third-order valence-corrected chi connectivity index (χ3v) is 6.87. The summed E-state index contributed by atoms with van der Waals surface area (Å²) in [7, 11) is 0. The number of pyridine rings is 1. The highest BCUT2D eigenvalue weighted by atomic mass is 16.5. The van der Waals surface area contributed by atoms with Gasteiger partial charge in [-0.15, -0.1) is 0 Å². The monoisotopic (exact) mass is 482 g/mol. The smallest absolute Gasteiger partial charge is 0.219 e. The second-order valence-corrected chi connectivity index (χ2v) is 9.96. The molecule has 5 aromatic rings. The molecule has 3 aromatic heterocycles. The van der Waals surface area contributed by atoms with E-state index in [1.165, 1.54) is 5.69 Å². The molecule has 0 bridgehead atoms. The Hall–Kier alpha value is -3.91. The SMILES string of the molecule is Cc1ccnc(Oc2ccc3c(-c4nc5ccc(N6CC(C(C)C)OCC6C)cc5[nH]4)n[nH]c3c2)c1. The zero-order valence-corrected chi connectivity index (χ0v) is 20.9. The van der Waals surface area contributed by atoms with Crippen LogP contribution in [0.25, 0.3) is 33.5 Å². The lowest BCUT2D eigenvalue weighted by Gasteiger charge is -2.41. The van der Waals surface area contributed by atoms with Gasteiger partial charge in [0, 0.05) is 42.0 Å². The minimum Gasteiger partial charge on any atom is -0.439 e. The first kappa shape index (κ1) is 22.5. The van der Waals surface area contributed by atoms with Crippen molar-refractivity contribution in [3.05, 3.63) is 60.3 Å². The molecule has 1 fully saturated rings. The number of fused-ring (bicyclic) bond motifs is 2. The molecule has 2 N–H and O–H groups in total. The molecule has 8 nitrogen and oxygen atoms in total. The number of aromatic nitrogens is 5. The van der Waals surface area contributed by atoms with Crippen molar-refractivity contribution in [2.45, 2.75) is 39.8 Å². The van der Waals surface area contributed by atoms with Crippen molar-refractivity contribution in [1.82, 2.24) is 25.1 Å². The van der Waals surface area contributed by atoms with E-state index in [1.54, 1.807) is 6.20 Å². The average molecular weight is 483 g/mol. The van der Waals surface area contributed by atoms with E-state index in [1.807, 2.05) is 37.3 Å². The maximum Gasteiger partial charge on any atom is 0.219 e. The average Bonchev–Trinajstić information content (AvgIpc) is 3.47. The van der Waals surface area contributed by atoms with Gasteiger partial charge >= 0.3 is 0 Å². The first-order valence-electron chi connectivity index (χ1n) is 12.4. The van der Waals surface area contributed by atoms with E-state index >= 15 is 0 Å². The summed E-state index contributed by atoms with van der Waals surface area (Å²) in [5.74, 6) is 2.48. The predicted molar refractivity (Wildman–Crippen MR) is 142 cm³/mol. The van der Waals surface area contributed by atoms with Crippen LogP contribution >= 0.6 is 0 Å². The van der Waals surface area contributed by atoms with Crippen LogP contribution in [0.1, 0.15) is 26.3 Å². The topological polar surface area (TPSA) is 91.9 Å². The summed E-state index contributed by atoms with van der Waals surface area (Å²) in [6.07, 6.45) is 1.98. The maximum absolute atomic E-state index is 6.05. The number of nitrogens with zero attached hydrogens (tertiary/aromatic N) is 4. The summed E-state index contributed by atoms with van der Waals surface area (Å²) in [5.41, 5.74) is 5.83. The van der Waals surface area contributed by atoms with Gasteiger partial charge in [-0.05, 0) is 61.7 Å². The Bertz CT molecular complexity index is 1540. The highest BCUT2D eigenvalue weighted by Gasteiger charge is 2.28. The minimum absolute atomic E-state index is 0.236. The summed E-state index contributed by atoms with van der Waals surface area (Å²) >= 11 is 0. The number of imidazole rings is 1. The van der Waals surface area contributed by atoms with E-state index in [2.05, 4.69) is 64.0 Å². The number of rotatable bonds is 5. The molecule has 0 aliphatic carbocycles. The van der Waals surface area contributed by atoms with E-state index in [4.69, 9.17) is 14.5 Å². The number of ether oxygens (including phenoxy) is 2. The Kier molecular flexibility index (Phi) is 5.60. The molecule has 2 unspecified atom stereocenters. The third-order valence-electron chi connectivity index (χ3n) is 6.87. The molecular weight excluding hydrogens is 452 g/mol. The molecule has 8 heteroatoms. The van der Waals surface area contributed by atoms with Gasteiger partial charge in [0.25, 0.3) is 0 Å². The largest absolute Gasteiger partial charge is 0.439 e. The summed E-state index contributed by atoms with van der Waals surface area (Å²) in [6, 6.07) is 16.4. The van der Waals surface area contributed by atoms with Crippen LogP contribution in [-0.4, -0.2) is 50.4 Å². The van der Waals surface area contributed by atoms with Crippen LogP contribution in [0.2, 0.25) is 0 Å². The van der Waals surface area contributed by atoms with Crippen LogP contribution in [0, 0.1) is 12.8 Å². The fourth-order valence-electron chi connectivity index (χ4n) is 4.76. The number of aromatic amines is 2. The van der Waals surface area contributed by atoms with Crippen molar-refractivity contribution in [3.8, 4) is 23.1 Å². The van der Waals surface area contributed by atoms with Crippen LogP contribution in [0.15, 0.2) is 54.7 Å². The Morgan fingerprint density at radius 2 is 1.97 bits per heavy atom. The molecule has 0 amide bonds. The number of hydrogen-bond acceptors (Lipinski definition) is 6. The lowest BCUT2D eigenvalue weighted by Crippen LogP contribution is -2.50. The summed E-state index contributed by atoms with van der Waals surface area (Å²) < 4.78 is 12.0. The van der Waals surface area contributed by atoms with Gasteiger partial charge in [0.2, 0.25) is 5.88 Å². The molecule has 4 heterocycles. The number of hydrogen-bond donors (Lipinski definition) is 2. The van der Waals surface area contributed by atoms with Gasteiger partial charge in [-0.3, -0.25) is 5.10 Å². The highest BCUT2D eigenvalue weighted by molar-refractivity contribution is 5.94. The second-order valence-electron chi connectivity index (χ2n) is 9.96. The van der Waals surface area contributed by atoms with Crippen molar-refractivity contribution in [2.75, 3.05) is 18.1 Å². The zero-order valence-electron chi connectivity index (χ0n) is 20.9. The molecule has 1 saturated heterocycles. The van der Waals surface area contributed by atoms with Gasteiger partial charge in [0.1, 0.15) is 11.4 Å². The number of H-pyrrole nitrogens is 2. The Balaban J connectivity index is 1.29. The third kappa shape index (κ3) is 4.18. The Morgan fingerprint density at radius 1 is 1.08 bits per heavy atom. The summed E-state index contributed by atoms with van der Waals surface area (Å²) in [5, 5.41) is 8.65. The van der Waals surface area contributed by atoms with Gasteiger partial charge in [-0.1, -0.05) is 13.8 Å². The van der Waals surface area contributed by atoms with Crippen LogP contribution in [0.5, 0.6) is 11.6 Å². The molecule has 0 spiro atoms. The number of anilines is 1. The van der Waals surface area contributed by atoms with Crippen molar-refractivity contribution < 1.29 is 9.47 Å². The Morgan fingerprint density at radius 3 is 2.81 bits per heavy atom. The number of nitrogens with one attached hydrogen (secondary N) is 2. The molecule has 1 aliphatic heterocycles. The van der Waals surface area contributed by atoms with E-state index in [0.717, 1.165) is 52.2 Å². The predicted octanol–water partition coefficient (Wildman–Crippen LogP) is 5.85. The molecule has 2 atom stereocenters. The quantitative estimate of drug-likeness (QED) is 0.326. The first-order chi connectivity index (χ1) is 17.4. The van der Waals surface area contributed by atoms with Crippen molar-refractivity contribution in [2.24, 2.45) is 5.92 Å². The van der Waals surface area contributed by atoms with Crippen LogP contribution < -0.4 is 9.64 Å². The normalized spacial score (nSPS) is 18.4. The van der Waals surface area contributed by atoms with Crippen molar-refractivity contribution in [3.63, 3.8) is 0 Å². The van der Waals surface area contributed by atoms with Crippen LogP contribution in [0.4, 0.5) is 5.69 Å². The fraction of sp³-hybridized carbons (Fsp3) is 0.321. The number of benzene rings is 2. The van der Waals surface area contributed by atoms with Gasteiger partial charge in [0.15, 0.2) is 5.82 Å². The van der Waals surface area contributed by atoms with E-state index in [9.17, 15) is 0 Å². The lowest BCUT2D eigenvalue weighted by atomic mass is 10.0. The molecule has 0 saturated carbocycles. The zero-order chi connectivity index (χ0) is 24.8. The number of aryl methyl sites for hydroxylation is 1. The first-order valence-corrected chi connectivity index (χ1v) is 12.4. The van der Waals surface area contributed by atoms with E-state index < -0.39 is 0 Å². The molecule has 6 rings (SSSR count). The van der Waals surface area contributed by atoms with Gasteiger partial charge in [0.05, 0.1) is 29.3 Å². The molecule has 1 aliphatic rings. The maximum atomic E-state index is 6.05. The molecule has 0 radical (unpaired) electrons. The van der Waals surface area contributed by atoms with Crippen molar-refractivity contribution in [1.29, 1.82) is 0 Å². The number of morpholine rings is 1. The van der Waals surface area contributed by atoms with E-state index in [-0.39, 0.29) is 6.10 Å². The van der Waals surface area contributed by atoms with Crippen LogP contribution in [-0.2, 0) is 4.74 Å².